The summed E-state index contributed by atoms with van der Waals surface area (Å²) in [6, 6.07) is 6.24. The monoisotopic (exact) mass is 396 g/mol. The number of halogens is 4. The Hall–Kier alpha value is -3.07. The molecule has 2 aromatic heterocycles. The lowest BCUT2D eigenvalue weighted by molar-refractivity contribution is -0.136. The molecular formula is C17H12ClF3N4O2. The van der Waals surface area contributed by atoms with E-state index >= 15 is 0 Å². The van der Waals surface area contributed by atoms with E-state index in [1.807, 2.05) is 0 Å². The molecule has 1 aromatic carbocycles. The Morgan fingerprint density at radius 2 is 1.96 bits per heavy atom. The van der Waals surface area contributed by atoms with Crippen LogP contribution in [0.5, 0.6) is 0 Å². The molecule has 2 N–H and O–H groups in total. The summed E-state index contributed by atoms with van der Waals surface area (Å²) < 4.78 is 44.4. The quantitative estimate of drug-likeness (QED) is 0.645. The summed E-state index contributed by atoms with van der Waals surface area (Å²) in [4.78, 5) is 16.1. The lowest BCUT2D eigenvalue weighted by atomic mass is 10.1. The van der Waals surface area contributed by atoms with Crippen molar-refractivity contribution in [3.63, 3.8) is 0 Å². The zero-order chi connectivity index (χ0) is 19.6. The molecule has 3 rings (SSSR count). The van der Waals surface area contributed by atoms with Gasteiger partial charge in [0, 0.05) is 17.3 Å². The zero-order valence-electron chi connectivity index (χ0n) is 13.8. The van der Waals surface area contributed by atoms with Crippen molar-refractivity contribution in [2.45, 2.75) is 13.1 Å². The van der Waals surface area contributed by atoms with Gasteiger partial charge in [-0.25, -0.2) is 0 Å². The van der Waals surface area contributed by atoms with E-state index in [0.717, 1.165) is 6.07 Å². The van der Waals surface area contributed by atoms with Crippen molar-refractivity contribution in [2.75, 3.05) is 10.6 Å². The first kappa shape index (κ1) is 18.7. The molecule has 0 aliphatic heterocycles. The van der Waals surface area contributed by atoms with Gasteiger partial charge in [0.05, 0.1) is 28.7 Å². The minimum Gasteiger partial charge on any atom is -0.360 e. The van der Waals surface area contributed by atoms with Crippen LogP contribution in [0.4, 0.5) is 30.4 Å². The number of alkyl halides is 3. The molecular weight excluding hydrogens is 385 g/mol. The van der Waals surface area contributed by atoms with Crippen LogP contribution in [-0.2, 0) is 6.18 Å². The topological polar surface area (TPSA) is 80.0 Å². The van der Waals surface area contributed by atoms with E-state index in [4.69, 9.17) is 16.1 Å². The summed E-state index contributed by atoms with van der Waals surface area (Å²) in [5, 5.41) is 8.72. The van der Waals surface area contributed by atoms with Crippen molar-refractivity contribution in [3.05, 3.63) is 64.6 Å². The van der Waals surface area contributed by atoms with Crippen LogP contribution in [0.15, 0.2) is 47.2 Å². The average Bonchev–Trinajstić information content (AvgIpc) is 3.00. The second kappa shape index (κ2) is 7.28. The van der Waals surface area contributed by atoms with Gasteiger partial charge < -0.3 is 15.2 Å². The first-order chi connectivity index (χ1) is 12.7. The highest BCUT2D eigenvalue weighted by molar-refractivity contribution is 6.30. The van der Waals surface area contributed by atoms with Crippen LogP contribution < -0.4 is 10.6 Å². The highest BCUT2D eigenvalue weighted by Gasteiger charge is 2.33. The molecule has 0 radical (unpaired) electrons. The maximum absolute atomic E-state index is 13.2. The Kier molecular flexibility index (Phi) is 5.04. The number of benzene rings is 1. The SMILES string of the molecule is Cc1cc(NC(=O)c2cncc(Nc3ccc(Cl)cc3C(F)(F)F)c2)no1. The maximum atomic E-state index is 13.2. The maximum Gasteiger partial charge on any atom is 0.418 e. The van der Waals surface area contributed by atoms with Crippen LogP contribution in [0.2, 0.25) is 5.02 Å². The molecule has 0 spiro atoms. The van der Waals surface area contributed by atoms with Crippen LogP contribution in [0.25, 0.3) is 0 Å². The Balaban J connectivity index is 1.83. The normalized spacial score (nSPS) is 11.3. The van der Waals surface area contributed by atoms with Gasteiger partial charge in [-0.3, -0.25) is 9.78 Å². The zero-order valence-corrected chi connectivity index (χ0v) is 14.5. The van der Waals surface area contributed by atoms with Crippen LogP contribution in [0.1, 0.15) is 21.7 Å². The molecule has 140 valence electrons. The smallest absolute Gasteiger partial charge is 0.360 e. The number of rotatable bonds is 4. The molecule has 6 nitrogen and oxygen atoms in total. The molecule has 0 unspecified atom stereocenters. The molecule has 3 aromatic rings. The minimum absolute atomic E-state index is 0.0398. The minimum atomic E-state index is -4.60. The van der Waals surface area contributed by atoms with Crippen LogP contribution in [0.3, 0.4) is 0 Å². The van der Waals surface area contributed by atoms with E-state index in [-0.39, 0.29) is 27.8 Å². The van der Waals surface area contributed by atoms with Gasteiger partial charge in [0.1, 0.15) is 5.76 Å². The van der Waals surface area contributed by atoms with E-state index in [1.165, 1.54) is 36.7 Å². The summed E-state index contributed by atoms with van der Waals surface area (Å²) >= 11 is 5.66. The predicted octanol–water partition coefficient (Wildman–Crippen LogP) is 5.05. The second-order valence-corrected chi connectivity index (χ2v) is 5.99. The van der Waals surface area contributed by atoms with Gasteiger partial charge in [-0.1, -0.05) is 16.8 Å². The van der Waals surface area contributed by atoms with Crippen LogP contribution in [-0.4, -0.2) is 16.0 Å². The molecule has 0 saturated heterocycles. The van der Waals surface area contributed by atoms with E-state index in [2.05, 4.69) is 20.8 Å². The molecule has 27 heavy (non-hydrogen) atoms. The predicted molar refractivity (Wildman–Crippen MR) is 93.2 cm³/mol. The van der Waals surface area contributed by atoms with Gasteiger partial charge in [0.25, 0.3) is 5.91 Å². The number of hydrogen-bond donors (Lipinski definition) is 2. The number of amides is 1. The fraction of sp³-hybridized carbons (Fsp3) is 0.118. The van der Waals surface area contributed by atoms with Crippen molar-refractivity contribution in [1.29, 1.82) is 0 Å². The molecule has 2 heterocycles. The molecule has 10 heteroatoms. The molecule has 1 amide bonds. The fourth-order valence-electron chi connectivity index (χ4n) is 2.26. The number of aryl methyl sites for hydroxylation is 1. The van der Waals surface area contributed by atoms with E-state index in [1.54, 1.807) is 6.92 Å². The van der Waals surface area contributed by atoms with Gasteiger partial charge in [-0.2, -0.15) is 13.2 Å². The molecule has 0 fully saturated rings. The number of hydrogen-bond acceptors (Lipinski definition) is 5. The average molecular weight is 397 g/mol. The summed E-state index contributed by atoms with van der Waals surface area (Å²) in [5.74, 6) is 0.195. The molecule has 0 saturated carbocycles. The Labute approximate surface area is 156 Å². The van der Waals surface area contributed by atoms with Crippen LogP contribution >= 0.6 is 11.6 Å². The van der Waals surface area contributed by atoms with Gasteiger partial charge in [0.2, 0.25) is 0 Å². The van der Waals surface area contributed by atoms with Crippen molar-refractivity contribution >= 4 is 34.7 Å². The third-order valence-electron chi connectivity index (χ3n) is 3.44. The highest BCUT2D eigenvalue weighted by Crippen LogP contribution is 2.37. The number of nitrogens with one attached hydrogen (secondary N) is 2. The van der Waals surface area contributed by atoms with Crippen molar-refractivity contribution in [2.24, 2.45) is 0 Å². The van der Waals surface area contributed by atoms with Crippen LogP contribution in [0, 0.1) is 6.92 Å². The van der Waals surface area contributed by atoms with Gasteiger partial charge in [-0.05, 0) is 31.2 Å². The summed E-state index contributed by atoms with van der Waals surface area (Å²) in [6.45, 7) is 1.67. The Morgan fingerprint density at radius 3 is 2.63 bits per heavy atom. The number of carbonyl (C=O) groups excluding carboxylic acids is 1. The van der Waals surface area contributed by atoms with E-state index < -0.39 is 17.6 Å². The molecule has 0 atom stereocenters. The van der Waals surface area contributed by atoms with Crippen molar-refractivity contribution < 1.29 is 22.5 Å². The Bertz CT molecular complexity index is 988. The standard InChI is InChI=1S/C17H12ClF3N4O2/c1-9-4-15(25-27-9)24-16(26)10-5-12(8-22-7-10)23-14-3-2-11(18)6-13(14)17(19,20)21/h2-8,23H,1H3,(H,24,25,26). The number of nitrogens with zero attached hydrogens (tertiary/aromatic N) is 2. The van der Waals surface area contributed by atoms with Gasteiger partial charge >= 0.3 is 6.18 Å². The lowest BCUT2D eigenvalue weighted by Gasteiger charge is -2.15. The largest absolute Gasteiger partial charge is 0.418 e. The number of aromatic nitrogens is 2. The molecule has 0 aliphatic rings. The van der Waals surface area contributed by atoms with Crippen molar-refractivity contribution in [3.8, 4) is 0 Å². The summed E-state index contributed by atoms with van der Waals surface area (Å²) in [6.07, 6.45) is -2.02. The summed E-state index contributed by atoms with van der Waals surface area (Å²) in [5.41, 5.74) is -0.809. The first-order valence-electron chi connectivity index (χ1n) is 7.56. The molecule has 0 bridgehead atoms. The van der Waals surface area contributed by atoms with E-state index in [0.29, 0.717) is 5.76 Å². The lowest BCUT2D eigenvalue weighted by Crippen LogP contribution is -2.13. The van der Waals surface area contributed by atoms with Gasteiger partial charge in [0.15, 0.2) is 5.82 Å². The third-order valence-corrected chi connectivity index (χ3v) is 3.67. The number of anilines is 3. The van der Waals surface area contributed by atoms with Crippen molar-refractivity contribution in [1.82, 2.24) is 10.1 Å². The third kappa shape index (κ3) is 4.56. The molecule has 0 aliphatic carbocycles. The fourth-order valence-corrected chi connectivity index (χ4v) is 2.43. The Morgan fingerprint density at radius 1 is 1.19 bits per heavy atom. The second-order valence-electron chi connectivity index (χ2n) is 5.55. The number of carbonyl (C=O) groups is 1. The number of pyridine rings is 1. The van der Waals surface area contributed by atoms with Gasteiger partial charge in [-0.15, -0.1) is 0 Å². The highest BCUT2D eigenvalue weighted by atomic mass is 35.5. The first-order valence-corrected chi connectivity index (χ1v) is 7.93. The van der Waals surface area contributed by atoms with E-state index in [9.17, 15) is 18.0 Å². The summed E-state index contributed by atoms with van der Waals surface area (Å²) in [7, 11) is 0.